The first-order valence-corrected chi connectivity index (χ1v) is 6.43. The molecule has 0 saturated carbocycles. The van der Waals surface area contributed by atoms with E-state index in [1.165, 1.54) is 0 Å². The zero-order valence-corrected chi connectivity index (χ0v) is 11.5. The summed E-state index contributed by atoms with van der Waals surface area (Å²) in [5.41, 5.74) is -0.485. The van der Waals surface area contributed by atoms with E-state index < -0.39 is 11.4 Å². The Morgan fingerprint density at radius 2 is 2.11 bits per heavy atom. The third-order valence-corrected chi connectivity index (χ3v) is 2.99. The standard InChI is InChI=1S/C13H22O5/c1-12(2,3)18-11(14)7-13(4)16-8-10-9(17-13)5-6-15-10/h9-10H,5-8H2,1-4H3. The summed E-state index contributed by atoms with van der Waals surface area (Å²) in [5, 5.41) is 0. The van der Waals surface area contributed by atoms with Gasteiger partial charge in [0.25, 0.3) is 0 Å². The molecule has 2 saturated heterocycles. The van der Waals surface area contributed by atoms with E-state index in [0.717, 1.165) is 6.42 Å². The van der Waals surface area contributed by atoms with Crippen molar-refractivity contribution < 1.29 is 23.7 Å². The second kappa shape index (κ2) is 4.79. The molecule has 18 heavy (non-hydrogen) atoms. The van der Waals surface area contributed by atoms with Crippen LogP contribution in [-0.4, -0.2) is 42.8 Å². The van der Waals surface area contributed by atoms with Gasteiger partial charge in [-0.15, -0.1) is 0 Å². The molecule has 2 heterocycles. The minimum atomic E-state index is -0.892. The first-order chi connectivity index (χ1) is 8.27. The Kier molecular flexibility index (Phi) is 3.67. The molecule has 2 aliphatic rings. The fraction of sp³-hybridized carbons (Fsp3) is 0.923. The summed E-state index contributed by atoms with van der Waals surface area (Å²) >= 11 is 0. The van der Waals surface area contributed by atoms with Crippen LogP contribution in [-0.2, 0) is 23.7 Å². The second-order valence-corrected chi connectivity index (χ2v) is 6.06. The van der Waals surface area contributed by atoms with Crippen molar-refractivity contribution in [3.8, 4) is 0 Å². The van der Waals surface area contributed by atoms with Gasteiger partial charge in [-0.05, 0) is 34.1 Å². The molecular weight excluding hydrogens is 236 g/mol. The predicted octanol–water partition coefficient (Wildman–Crippen LogP) is 1.64. The highest BCUT2D eigenvalue weighted by Gasteiger charge is 2.44. The van der Waals surface area contributed by atoms with E-state index in [1.807, 2.05) is 20.8 Å². The number of fused-ring (bicyclic) bond motifs is 1. The van der Waals surface area contributed by atoms with Gasteiger partial charge in [0.05, 0.1) is 19.1 Å². The van der Waals surface area contributed by atoms with Crippen LogP contribution in [0.25, 0.3) is 0 Å². The van der Waals surface area contributed by atoms with Gasteiger partial charge in [-0.25, -0.2) is 0 Å². The van der Waals surface area contributed by atoms with Crippen LogP contribution in [0.3, 0.4) is 0 Å². The van der Waals surface area contributed by atoms with Gasteiger partial charge in [0.1, 0.15) is 11.7 Å². The Hall–Kier alpha value is -0.650. The van der Waals surface area contributed by atoms with Crippen LogP contribution in [0.4, 0.5) is 0 Å². The Balaban J connectivity index is 1.90. The zero-order valence-electron chi connectivity index (χ0n) is 11.5. The summed E-state index contributed by atoms with van der Waals surface area (Å²) in [6, 6.07) is 0. The van der Waals surface area contributed by atoms with Gasteiger partial charge in [-0.3, -0.25) is 4.79 Å². The van der Waals surface area contributed by atoms with Crippen LogP contribution >= 0.6 is 0 Å². The highest BCUT2D eigenvalue weighted by molar-refractivity contribution is 5.70. The molecule has 0 bridgehead atoms. The molecule has 2 fully saturated rings. The van der Waals surface area contributed by atoms with E-state index in [9.17, 15) is 4.79 Å². The molecule has 3 unspecified atom stereocenters. The summed E-state index contributed by atoms with van der Waals surface area (Å²) < 4.78 is 22.2. The smallest absolute Gasteiger partial charge is 0.311 e. The molecule has 2 aliphatic heterocycles. The average Bonchev–Trinajstić information content (AvgIpc) is 2.59. The maximum absolute atomic E-state index is 11.8. The fourth-order valence-corrected chi connectivity index (χ4v) is 2.26. The Morgan fingerprint density at radius 3 is 2.78 bits per heavy atom. The molecule has 0 spiro atoms. The molecular formula is C13H22O5. The SMILES string of the molecule is CC(C)(C)OC(=O)CC1(C)OCC2OCCC2O1. The maximum atomic E-state index is 11.8. The minimum Gasteiger partial charge on any atom is -0.460 e. The number of carbonyl (C=O) groups is 1. The lowest BCUT2D eigenvalue weighted by molar-refractivity contribution is -0.303. The third kappa shape index (κ3) is 3.43. The van der Waals surface area contributed by atoms with Crippen molar-refractivity contribution in [2.45, 2.75) is 64.1 Å². The van der Waals surface area contributed by atoms with E-state index in [2.05, 4.69) is 0 Å². The molecule has 0 aliphatic carbocycles. The maximum Gasteiger partial charge on any atom is 0.311 e. The highest BCUT2D eigenvalue weighted by Crippen LogP contribution is 2.32. The fourth-order valence-electron chi connectivity index (χ4n) is 2.26. The Labute approximate surface area is 108 Å². The quantitative estimate of drug-likeness (QED) is 0.705. The molecule has 0 radical (unpaired) electrons. The highest BCUT2D eigenvalue weighted by atomic mass is 16.7. The van der Waals surface area contributed by atoms with Gasteiger partial charge in [0.2, 0.25) is 0 Å². The number of ether oxygens (including phenoxy) is 4. The van der Waals surface area contributed by atoms with Gasteiger partial charge in [-0.2, -0.15) is 0 Å². The molecule has 0 aromatic rings. The molecule has 2 rings (SSSR count). The van der Waals surface area contributed by atoms with E-state index >= 15 is 0 Å². The third-order valence-electron chi connectivity index (χ3n) is 2.99. The summed E-state index contributed by atoms with van der Waals surface area (Å²) in [4.78, 5) is 11.8. The van der Waals surface area contributed by atoms with Gasteiger partial charge in [0, 0.05) is 6.61 Å². The first kappa shape index (κ1) is 13.8. The molecule has 104 valence electrons. The van der Waals surface area contributed by atoms with E-state index in [4.69, 9.17) is 18.9 Å². The van der Waals surface area contributed by atoms with Crippen LogP contribution in [0.2, 0.25) is 0 Å². The van der Waals surface area contributed by atoms with Crippen molar-refractivity contribution in [3.63, 3.8) is 0 Å². The van der Waals surface area contributed by atoms with Crippen LogP contribution in [0.5, 0.6) is 0 Å². The van der Waals surface area contributed by atoms with Crippen molar-refractivity contribution >= 4 is 5.97 Å². The molecule has 0 aromatic carbocycles. The van der Waals surface area contributed by atoms with Gasteiger partial charge >= 0.3 is 5.97 Å². The van der Waals surface area contributed by atoms with Crippen molar-refractivity contribution in [1.82, 2.24) is 0 Å². The summed E-state index contributed by atoms with van der Waals surface area (Å²) in [6.45, 7) is 8.49. The topological polar surface area (TPSA) is 54.0 Å². The number of esters is 1. The van der Waals surface area contributed by atoms with E-state index in [1.54, 1.807) is 6.92 Å². The van der Waals surface area contributed by atoms with Crippen molar-refractivity contribution in [2.24, 2.45) is 0 Å². The zero-order chi connectivity index (χ0) is 13.4. The lowest BCUT2D eigenvalue weighted by atomic mass is 10.1. The normalized spacial score (nSPS) is 36.2. The number of hydrogen-bond acceptors (Lipinski definition) is 5. The van der Waals surface area contributed by atoms with Crippen LogP contribution in [0, 0.1) is 0 Å². The van der Waals surface area contributed by atoms with Gasteiger partial charge in [-0.1, -0.05) is 0 Å². The average molecular weight is 258 g/mol. The lowest BCUT2D eigenvalue weighted by Gasteiger charge is -2.39. The van der Waals surface area contributed by atoms with Crippen LogP contribution < -0.4 is 0 Å². The number of hydrogen-bond donors (Lipinski definition) is 0. The summed E-state index contributed by atoms with van der Waals surface area (Å²) in [5.74, 6) is -1.20. The predicted molar refractivity (Wildman–Crippen MR) is 64.0 cm³/mol. The number of rotatable bonds is 2. The largest absolute Gasteiger partial charge is 0.460 e. The lowest BCUT2D eigenvalue weighted by Crippen LogP contribution is -2.49. The van der Waals surface area contributed by atoms with Crippen LogP contribution in [0.1, 0.15) is 40.5 Å². The number of carbonyl (C=O) groups excluding carboxylic acids is 1. The monoisotopic (exact) mass is 258 g/mol. The molecule has 5 heteroatoms. The molecule has 0 aromatic heterocycles. The molecule has 0 amide bonds. The minimum absolute atomic E-state index is 0.0108. The van der Waals surface area contributed by atoms with E-state index in [0.29, 0.717) is 13.2 Å². The van der Waals surface area contributed by atoms with Gasteiger partial charge in [0.15, 0.2) is 5.79 Å². The summed E-state index contributed by atoms with van der Waals surface area (Å²) in [7, 11) is 0. The second-order valence-electron chi connectivity index (χ2n) is 6.06. The Bertz CT molecular complexity index is 322. The van der Waals surface area contributed by atoms with Crippen molar-refractivity contribution in [1.29, 1.82) is 0 Å². The van der Waals surface area contributed by atoms with Gasteiger partial charge < -0.3 is 18.9 Å². The molecule has 0 N–H and O–H groups in total. The molecule has 5 nitrogen and oxygen atoms in total. The molecule has 3 atom stereocenters. The Morgan fingerprint density at radius 1 is 1.39 bits per heavy atom. The van der Waals surface area contributed by atoms with Crippen LogP contribution in [0.15, 0.2) is 0 Å². The van der Waals surface area contributed by atoms with Crippen molar-refractivity contribution in [2.75, 3.05) is 13.2 Å². The summed E-state index contributed by atoms with van der Waals surface area (Å²) in [6.07, 6.45) is 1.01. The first-order valence-electron chi connectivity index (χ1n) is 6.43. The van der Waals surface area contributed by atoms with E-state index in [-0.39, 0.29) is 24.6 Å². The van der Waals surface area contributed by atoms with Crippen molar-refractivity contribution in [3.05, 3.63) is 0 Å².